The van der Waals surface area contributed by atoms with Crippen LogP contribution < -0.4 is 11.1 Å². The van der Waals surface area contributed by atoms with Gasteiger partial charge in [-0.1, -0.05) is 0 Å². The fourth-order valence-corrected chi connectivity index (χ4v) is 2.63. The maximum absolute atomic E-state index is 13.2. The lowest BCUT2D eigenvalue weighted by molar-refractivity contribution is 0.0485. The second-order valence-electron chi connectivity index (χ2n) is 4.59. The van der Waals surface area contributed by atoms with Gasteiger partial charge in [0.25, 0.3) is 0 Å². The molecule has 5 heteroatoms. The number of halogens is 2. The largest absolute Gasteiger partial charge is 0.381 e. The van der Waals surface area contributed by atoms with Crippen LogP contribution in [0.25, 0.3) is 0 Å². The van der Waals surface area contributed by atoms with Gasteiger partial charge in [-0.15, -0.1) is 0 Å². The summed E-state index contributed by atoms with van der Waals surface area (Å²) >= 11 is 3.18. The van der Waals surface area contributed by atoms with Gasteiger partial charge < -0.3 is 15.8 Å². The van der Waals surface area contributed by atoms with Crippen LogP contribution in [-0.2, 0) is 4.74 Å². The van der Waals surface area contributed by atoms with E-state index in [1.807, 2.05) is 0 Å². The first-order valence-corrected chi connectivity index (χ1v) is 6.99. The molecule has 0 aromatic heterocycles. The lowest BCUT2D eigenvalue weighted by Gasteiger charge is -2.30. The lowest BCUT2D eigenvalue weighted by atomic mass is 9.93. The van der Waals surface area contributed by atoms with Gasteiger partial charge in [-0.2, -0.15) is 0 Å². The fourth-order valence-electron chi connectivity index (χ4n) is 2.25. The van der Waals surface area contributed by atoms with Crippen LogP contribution in [0.1, 0.15) is 12.8 Å². The predicted molar refractivity (Wildman–Crippen MR) is 74.1 cm³/mol. The summed E-state index contributed by atoms with van der Waals surface area (Å²) in [7, 11) is 0. The molecule has 1 heterocycles. The number of hydrogen-bond donors (Lipinski definition) is 2. The molecule has 100 valence electrons. The molecule has 0 radical (unpaired) electrons. The summed E-state index contributed by atoms with van der Waals surface area (Å²) in [6.45, 7) is 2.14. The number of hydrogen-bond acceptors (Lipinski definition) is 3. The van der Waals surface area contributed by atoms with Gasteiger partial charge in [0.15, 0.2) is 0 Å². The molecule has 2 unspecified atom stereocenters. The normalized spacial score (nSPS) is 21.6. The van der Waals surface area contributed by atoms with E-state index in [-0.39, 0.29) is 11.9 Å². The summed E-state index contributed by atoms with van der Waals surface area (Å²) in [6, 6.07) is 5.08. The van der Waals surface area contributed by atoms with E-state index in [1.165, 1.54) is 6.07 Å². The molecule has 0 amide bonds. The Labute approximate surface area is 115 Å². The van der Waals surface area contributed by atoms with Gasteiger partial charge in [-0.3, -0.25) is 0 Å². The van der Waals surface area contributed by atoms with Crippen LogP contribution >= 0.6 is 15.9 Å². The first kappa shape index (κ1) is 13.8. The van der Waals surface area contributed by atoms with E-state index in [2.05, 4.69) is 21.2 Å². The Morgan fingerprint density at radius 2 is 2.39 bits per heavy atom. The van der Waals surface area contributed by atoms with Gasteiger partial charge in [0, 0.05) is 30.8 Å². The van der Waals surface area contributed by atoms with E-state index >= 15 is 0 Å². The Kier molecular flexibility index (Phi) is 4.97. The first-order chi connectivity index (χ1) is 8.70. The Hall–Kier alpha value is -0.650. The highest BCUT2D eigenvalue weighted by molar-refractivity contribution is 9.10. The van der Waals surface area contributed by atoms with Gasteiger partial charge in [-0.05, 0) is 47.0 Å². The number of anilines is 1. The molecule has 0 spiro atoms. The number of benzene rings is 1. The second-order valence-corrected chi connectivity index (χ2v) is 5.45. The highest BCUT2D eigenvalue weighted by atomic mass is 79.9. The van der Waals surface area contributed by atoms with Crippen LogP contribution in [0.5, 0.6) is 0 Å². The second kappa shape index (κ2) is 6.50. The topological polar surface area (TPSA) is 47.3 Å². The van der Waals surface area contributed by atoms with Crippen molar-refractivity contribution >= 4 is 21.6 Å². The van der Waals surface area contributed by atoms with Crippen molar-refractivity contribution in [3.8, 4) is 0 Å². The summed E-state index contributed by atoms with van der Waals surface area (Å²) in [6.07, 6.45) is 2.20. The van der Waals surface area contributed by atoms with Gasteiger partial charge >= 0.3 is 0 Å². The summed E-state index contributed by atoms with van der Waals surface area (Å²) in [5, 5.41) is 3.36. The van der Waals surface area contributed by atoms with Crippen LogP contribution in [0.15, 0.2) is 22.7 Å². The Balaban J connectivity index is 2.02. The Morgan fingerprint density at radius 3 is 3.00 bits per heavy atom. The third-order valence-corrected chi connectivity index (χ3v) is 3.90. The molecule has 0 aliphatic carbocycles. The molecule has 3 nitrogen and oxygen atoms in total. The van der Waals surface area contributed by atoms with Crippen molar-refractivity contribution in [3.63, 3.8) is 0 Å². The molecule has 2 atom stereocenters. The molecular weight excluding hydrogens is 299 g/mol. The van der Waals surface area contributed by atoms with Crippen molar-refractivity contribution in [1.29, 1.82) is 0 Å². The number of rotatable bonds is 4. The number of nitrogens with two attached hydrogens (primary N) is 1. The standard InChI is InChI=1S/C13H18BrFN2O/c14-11-6-10(3-4-12(11)15)17-13(7-16)9-2-1-5-18-8-9/h3-4,6,9,13,17H,1-2,5,7-8,16H2. The summed E-state index contributed by atoms with van der Waals surface area (Å²) in [4.78, 5) is 0. The maximum atomic E-state index is 13.2. The van der Waals surface area contributed by atoms with Crippen molar-refractivity contribution < 1.29 is 9.13 Å². The fraction of sp³-hybridized carbons (Fsp3) is 0.538. The average Bonchev–Trinajstić information content (AvgIpc) is 2.41. The van der Waals surface area contributed by atoms with E-state index in [0.29, 0.717) is 16.9 Å². The smallest absolute Gasteiger partial charge is 0.137 e. The van der Waals surface area contributed by atoms with E-state index in [0.717, 1.165) is 31.7 Å². The van der Waals surface area contributed by atoms with Crippen molar-refractivity contribution in [2.45, 2.75) is 18.9 Å². The molecule has 1 fully saturated rings. The quantitative estimate of drug-likeness (QED) is 0.898. The van der Waals surface area contributed by atoms with Crippen molar-refractivity contribution in [2.75, 3.05) is 25.1 Å². The van der Waals surface area contributed by atoms with Crippen molar-refractivity contribution in [2.24, 2.45) is 11.7 Å². The van der Waals surface area contributed by atoms with Gasteiger partial charge in [0.1, 0.15) is 5.82 Å². The minimum atomic E-state index is -0.258. The van der Waals surface area contributed by atoms with E-state index in [9.17, 15) is 4.39 Å². The zero-order chi connectivity index (χ0) is 13.0. The van der Waals surface area contributed by atoms with Gasteiger partial charge in [0.05, 0.1) is 11.1 Å². The minimum Gasteiger partial charge on any atom is -0.381 e. The molecule has 1 aromatic carbocycles. The predicted octanol–water partition coefficient (Wildman–Crippen LogP) is 2.75. The van der Waals surface area contributed by atoms with E-state index in [4.69, 9.17) is 10.5 Å². The molecule has 1 aliphatic rings. The van der Waals surface area contributed by atoms with E-state index < -0.39 is 0 Å². The number of nitrogens with one attached hydrogen (secondary N) is 1. The molecule has 18 heavy (non-hydrogen) atoms. The summed E-state index contributed by atoms with van der Waals surface area (Å²) in [5.74, 6) is 0.165. The third kappa shape index (κ3) is 3.43. The molecule has 0 saturated carbocycles. The minimum absolute atomic E-state index is 0.169. The van der Waals surface area contributed by atoms with Crippen LogP contribution in [-0.4, -0.2) is 25.8 Å². The number of ether oxygens (including phenoxy) is 1. The highest BCUT2D eigenvalue weighted by Crippen LogP contribution is 2.24. The molecule has 1 aliphatic heterocycles. The van der Waals surface area contributed by atoms with Gasteiger partial charge in [-0.25, -0.2) is 4.39 Å². The summed E-state index contributed by atoms with van der Waals surface area (Å²) < 4.78 is 19.1. The Bertz CT molecular complexity index is 397. The molecule has 3 N–H and O–H groups in total. The van der Waals surface area contributed by atoms with Crippen molar-refractivity contribution in [1.82, 2.24) is 0 Å². The van der Waals surface area contributed by atoms with Crippen LogP contribution in [0, 0.1) is 11.7 Å². The SMILES string of the molecule is NCC(Nc1ccc(F)c(Br)c1)C1CCCOC1. The van der Waals surface area contributed by atoms with Crippen molar-refractivity contribution in [3.05, 3.63) is 28.5 Å². The zero-order valence-electron chi connectivity index (χ0n) is 10.2. The van der Waals surface area contributed by atoms with Crippen LogP contribution in [0.2, 0.25) is 0 Å². The highest BCUT2D eigenvalue weighted by Gasteiger charge is 2.23. The first-order valence-electron chi connectivity index (χ1n) is 6.20. The molecule has 1 saturated heterocycles. The zero-order valence-corrected chi connectivity index (χ0v) is 11.7. The molecule has 0 bridgehead atoms. The van der Waals surface area contributed by atoms with Crippen LogP contribution in [0.4, 0.5) is 10.1 Å². The molecule has 2 rings (SSSR count). The lowest BCUT2D eigenvalue weighted by Crippen LogP contribution is -2.40. The van der Waals surface area contributed by atoms with E-state index in [1.54, 1.807) is 12.1 Å². The average molecular weight is 317 g/mol. The maximum Gasteiger partial charge on any atom is 0.137 e. The summed E-state index contributed by atoms with van der Waals surface area (Å²) in [5.41, 5.74) is 6.69. The van der Waals surface area contributed by atoms with Crippen LogP contribution in [0.3, 0.4) is 0 Å². The Morgan fingerprint density at radius 1 is 1.56 bits per heavy atom. The monoisotopic (exact) mass is 316 g/mol. The third-order valence-electron chi connectivity index (χ3n) is 3.29. The molecular formula is C13H18BrFN2O. The molecule has 1 aromatic rings. The van der Waals surface area contributed by atoms with Gasteiger partial charge in [0.2, 0.25) is 0 Å².